The third kappa shape index (κ3) is 2.70. The number of nitrogens with zero attached hydrogens (tertiary/aromatic N) is 1. The summed E-state index contributed by atoms with van der Waals surface area (Å²) >= 11 is 5.03. The number of nitrogens with one attached hydrogen (secondary N) is 1. The van der Waals surface area contributed by atoms with Crippen LogP contribution in [0.2, 0.25) is 0 Å². The zero-order chi connectivity index (χ0) is 13.2. The van der Waals surface area contributed by atoms with Crippen LogP contribution in [0.5, 0.6) is 0 Å². The standard InChI is InChI=1S/C13H13BrN2OS/c1-13(5-2-6-18-13)12(17)16-11-7-10(14)4-3-9(11)8-15/h3-4,7H,2,5-6H2,1H3,(H,16,17). The first kappa shape index (κ1) is 13.4. The number of nitriles is 1. The molecule has 0 aromatic heterocycles. The number of carbonyl (C=O) groups excluding carboxylic acids is 1. The Balaban J connectivity index is 2.21. The van der Waals surface area contributed by atoms with Crippen LogP contribution in [0.25, 0.3) is 0 Å². The predicted octanol–water partition coefficient (Wildman–Crippen LogP) is 3.54. The molecule has 3 nitrogen and oxygen atoms in total. The molecular weight excluding hydrogens is 312 g/mol. The first-order valence-electron chi connectivity index (χ1n) is 5.70. The Morgan fingerprint density at radius 2 is 2.39 bits per heavy atom. The summed E-state index contributed by atoms with van der Waals surface area (Å²) in [4.78, 5) is 12.3. The first-order chi connectivity index (χ1) is 8.55. The molecule has 0 aliphatic carbocycles. The molecule has 1 fully saturated rings. The van der Waals surface area contributed by atoms with Gasteiger partial charge in [-0.2, -0.15) is 5.26 Å². The van der Waals surface area contributed by atoms with Crippen molar-refractivity contribution in [3.05, 3.63) is 28.2 Å². The number of benzene rings is 1. The van der Waals surface area contributed by atoms with Gasteiger partial charge in [0.1, 0.15) is 6.07 Å². The number of halogens is 1. The second kappa shape index (κ2) is 5.33. The highest BCUT2D eigenvalue weighted by Crippen LogP contribution is 2.38. The molecule has 1 saturated heterocycles. The average molecular weight is 325 g/mol. The molecular formula is C13H13BrN2OS. The van der Waals surface area contributed by atoms with Gasteiger partial charge in [0, 0.05) is 4.47 Å². The minimum absolute atomic E-state index is 0.0143. The van der Waals surface area contributed by atoms with Gasteiger partial charge in [-0.1, -0.05) is 15.9 Å². The molecule has 0 saturated carbocycles. The molecule has 0 spiro atoms. The lowest BCUT2D eigenvalue weighted by atomic mass is 10.0. The molecule has 1 heterocycles. The zero-order valence-electron chi connectivity index (χ0n) is 10.00. The predicted molar refractivity (Wildman–Crippen MR) is 77.6 cm³/mol. The second-order valence-electron chi connectivity index (χ2n) is 4.44. The smallest absolute Gasteiger partial charge is 0.240 e. The van der Waals surface area contributed by atoms with Crippen LogP contribution in [0.15, 0.2) is 22.7 Å². The van der Waals surface area contributed by atoms with E-state index in [4.69, 9.17) is 5.26 Å². The van der Waals surface area contributed by atoms with Gasteiger partial charge in [0.25, 0.3) is 0 Å². The molecule has 1 aromatic carbocycles. The van der Waals surface area contributed by atoms with E-state index < -0.39 is 0 Å². The SMILES string of the molecule is CC1(C(=O)Nc2cc(Br)ccc2C#N)CCCS1. The minimum Gasteiger partial charge on any atom is -0.324 e. The van der Waals surface area contributed by atoms with E-state index in [0.717, 1.165) is 23.1 Å². The highest BCUT2D eigenvalue weighted by atomic mass is 79.9. The molecule has 1 aliphatic heterocycles. The van der Waals surface area contributed by atoms with E-state index in [-0.39, 0.29) is 10.7 Å². The van der Waals surface area contributed by atoms with Crippen LogP contribution < -0.4 is 5.32 Å². The highest BCUT2D eigenvalue weighted by Gasteiger charge is 2.37. The Morgan fingerprint density at radius 3 is 3.00 bits per heavy atom. The van der Waals surface area contributed by atoms with Crippen molar-refractivity contribution in [2.75, 3.05) is 11.1 Å². The van der Waals surface area contributed by atoms with Crippen molar-refractivity contribution in [3.8, 4) is 6.07 Å². The molecule has 0 bridgehead atoms. The van der Waals surface area contributed by atoms with Crippen molar-refractivity contribution < 1.29 is 4.79 Å². The van der Waals surface area contributed by atoms with E-state index in [9.17, 15) is 4.79 Å². The maximum absolute atomic E-state index is 12.3. The summed E-state index contributed by atoms with van der Waals surface area (Å²) in [5.74, 6) is 1.01. The van der Waals surface area contributed by atoms with Gasteiger partial charge in [0.15, 0.2) is 0 Å². The molecule has 1 aromatic rings. The molecule has 1 N–H and O–H groups in total. The van der Waals surface area contributed by atoms with E-state index in [1.54, 1.807) is 30.0 Å². The average Bonchev–Trinajstić information content (AvgIpc) is 2.78. The van der Waals surface area contributed by atoms with E-state index in [1.807, 2.05) is 6.92 Å². The summed E-state index contributed by atoms with van der Waals surface area (Å²) in [7, 11) is 0. The fourth-order valence-electron chi connectivity index (χ4n) is 1.93. The van der Waals surface area contributed by atoms with E-state index in [2.05, 4.69) is 27.3 Å². The monoisotopic (exact) mass is 324 g/mol. The van der Waals surface area contributed by atoms with Crippen LogP contribution >= 0.6 is 27.7 Å². The Hall–Kier alpha value is -0.990. The van der Waals surface area contributed by atoms with Crippen molar-refractivity contribution in [1.82, 2.24) is 0 Å². The van der Waals surface area contributed by atoms with Gasteiger partial charge in [-0.25, -0.2) is 0 Å². The molecule has 1 aliphatic rings. The van der Waals surface area contributed by atoms with E-state index in [1.165, 1.54) is 0 Å². The molecule has 94 valence electrons. The number of amides is 1. The fraction of sp³-hybridized carbons (Fsp3) is 0.385. The van der Waals surface area contributed by atoms with Crippen LogP contribution in [0.1, 0.15) is 25.3 Å². The van der Waals surface area contributed by atoms with Crippen LogP contribution in [-0.4, -0.2) is 16.4 Å². The van der Waals surface area contributed by atoms with Crippen molar-refractivity contribution in [3.63, 3.8) is 0 Å². The van der Waals surface area contributed by atoms with Crippen LogP contribution in [0.3, 0.4) is 0 Å². The summed E-state index contributed by atoms with van der Waals surface area (Å²) in [5, 5.41) is 11.9. The Bertz CT molecular complexity index is 518. The Labute approximate surface area is 119 Å². The van der Waals surface area contributed by atoms with Crippen LogP contribution in [0.4, 0.5) is 5.69 Å². The van der Waals surface area contributed by atoms with Gasteiger partial charge >= 0.3 is 0 Å². The molecule has 1 amide bonds. The normalized spacial score (nSPS) is 22.5. The van der Waals surface area contributed by atoms with Crippen molar-refractivity contribution >= 4 is 39.3 Å². The summed E-state index contributed by atoms with van der Waals surface area (Å²) < 4.78 is 0.482. The maximum Gasteiger partial charge on any atom is 0.240 e. The summed E-state index contributed by atoms with van der Waals surface area (Å²) in [5.41, 5.74) is 1.06. The van der Waals surface area contributed by atoms with Crippen molar-refractivity contribution in [1.29, 1.82) is 5.26 Å². The largest absolute Gasteiger partial charge is 0.324 e. The molecule has 5 heteroatoms. The van der Waals surface area contributed by atoms with Gasteiger partial charge in [0.05, 0.1) is 16.0 Å². The number of hydrogen-bond donors (Lipinski definition) is 1. The minimum atomic E-state index is -0.366. The third-order valence-corrected chi connectivity index (χ3v) is 5.06. The summed E-state index contributed by atoms with van der Waals surface area (Å²) in [6, 6.07) is 7.34. The lowest BCUT2D eigenvalue weighted by Crippen LogP contribution is -2.34. The van der Waals surface area contributed by atoms with Gasteiger partial charge in [0.2, 0.25) is 5.91 Å². The van der Waals surface area contributed by atoms with Gasteiger partial charge in [-0.3, -0.25) is 4.79 Å². The van der Waals surface area contributed by atoms with Crippen LogP contribution in [0, 0.1) is 11.3 Å². The number of rotatable bonds is 2. The molecule has 2 rings (SSSR count). The molecule has 18 heavy (non-hydrogen) atoms. The summed E-state index contributed by atoms with van der Waals surface area (Å²) in [6.07, 6.45) is 1.96. The van der Waals surface area contributed by atoms with Gasteiger partial charge in [-0.05, 0) is 43.7 Å². The maximum atomic E-state index is 12.3. The number of hydrogen-bond acceptors (Lipinski definition) is 3. The van der Waals surface area contributed by atoms with Crippen molar-refractivity contribution in [2.45, 2.75) is 24.5 Å². The van der Waals surface area contributed by atoms with Crippen molar-refractivity contribution in [2.24, 2.45) is 0 Å². The number of carbonyl (C=O) groups is 1. The number of thioether (sulfide) groups is 1. The Morgan fingerprint density at radius 1 is 1.61 bits per heavy atom. The second-order valence-corrected chi connectivity index (χ2v) is 6.95. The third-order valence-electron chi connectivity index (χ3n) is 3.05. The van der Waals surface area contributed by atoms with Gasteiger partial charge < -0.3 is 5.32 Å². The lowest BCUT2D eigenvalue weighted by molar-refractivity contribution is -0.118. The zero-order valence-corrected chi connectivity index (χ0v) is 12.4. The lowest BCUT2D eigenvalue weighted by Gasteiger charge is -2.21. The van der Waals surface area contributed by atoms with E-state index in [0.29, 0.717) is 11.3 Å². The van der Waals surface area contributed by atoms with E-state index >= 15 is 0 Å². The highest BCUT2D eigenvalue weighted by molar-refractivity contribution is 9.10. The fourth-order valence-corrected chi connectivity index (χ4v) is 3.50. The van der Waals surface area contributed by atoms with Crippen LogP contribution in [-0.2, 0) is 4.79 Å². The quantitative estimate of drug-likeness (QED) is 0.905. The summed E-state index contributed by atoms with van der Waals surface area (Å²) in [6.45, 7) is 1.96. The van der Waals surface area contributed by atoms with Gasteiger partial charge in [-0.15, -0.1) is 11.8 Å². The number of anilines is 1. The topological polar surface area (TPSA) is 52.9 Å². The molecule has 1 atom stereocenters. The Kier molecular flexibility index (Phi) is 3.98. The molecule has 0 radical (unpaired) electrons. The first-order valence-corrected chi connectivity index (χ1v) is 7.48. The molecule has 1 unspecified atom stereocenters.